The molecule has 1 N–H and O–H groups in total. The van der Waals surface area contributed by atoms with Crippen LogP contribution in [0.4, 0.5) is 0 Å². The minimum absolute atomic E-state index is 0.138. The van der Waals surface area contributed by atoms with Crippen molar-refractivity contribution in [1.29, 1.82) is 0 Å². The lowest BCUT2D eigenvalue weighted by atomic mass is 9.94. The first-order chi connectivity index (χ1) is 8.71. The van der Waals surface area contributed by atoms with Crippen LogP contribution in [0.5, 0.6) is 0 Å². The Labute approximate surface area is 111 Å². The zero-order valence-electron chi connectivity index (χ0n) is 12.1. The monoisotopic (exact) mass is 256 g/mol. The number of methoxy groups -OCH3 is 1. The molecule has 1 aliphatic heterocycles. The molecule has 1 saturated heterocycles. The van der Waals surface area contributed by atoms with Gasteiger partial charge in [0.1, 0.15) is 6.04 Å². The van der Waals surface area contributed by atoms with Gasteiger partial charge in [-0.15, -0.1) is 0 Å². The molecule has 0 aromatic heterocycles. The van der Waals surface area contributed by atoms with E-state index < -0.39 is 0 Å². The average molecular weight is 256 g/mol. The van der Waals surface area contributed by atoms with Gasteiger partial charge in [0, 0.05) is 6.54 Å². The molecule has 1 atom stereocenters. The van der Waals surface area contributed by atoms with Gasteiger partial charge in [-0.1, -0.05) is 20.3 Å². The van der Waals surface area contributed by atoms with E-state index in [9.17, 15) is 4.79 Å². The smallest absolute Gasteiger partial charge is 0.324 e. The molecule has 0 radical (unpaired) electrons. The minimum Gasteiger partial charge on any atom is -0.468 e. The van der Waals surface area contributed by atoms with Crippen LogP contribution in [0.25, 0.3) is 0 Å². The number of rotatable bonds is 7. The van der Waals surface area contributed by atoms with Crippen molar-refractivity contribution < 1.29 is 9.53 Å². The fraction of sp³-hybridized carbons (Fsp3) is 0.929. The Bertz CT molecular complexity index is 238. The van der Waals surface area contributed by atoms with Crippen molar-refractivity contribution in [2.75, 3.05) is 33.3 Å². The fourth-order valence-electron chi connectivity index (χ4n) is 2.52. The van der Waals surface area contributed by atoms with Gasteiger partial charge in [-0.25, -0.2) is 0 Å². The Morgan fingerprint density at radius 3 is 2.56 bits per heavy atom. The van der Waals surface area contributed by atoms with Crippen LogP contribution < -0.4 is 5.32 Å². The predicted molar refractivity (Wildman–Crippen MR) is 73.6 cm³/mol. The Morgan fingerprint density at radius 2 is 2.06 bits per heavy atom. The standard InChI is InChI=1S/C14H28N2O2/c1-4-8-15-13(14(17)18-3)11-16-9-6-12(5-2)7-10-16/h12-13,15H,4-11H2,1-3H3. The summed E-state index contributed by atoms with van der Waals surface area (Å²) < 4.78 is 4.87. The maximum Gasteiger partial charge on any atom is 0.324 e. The fourth-order valence-corrected chi connectivity index (χ4v) is 2.52. The highest BCUT2D eigenvalue weighted by Gasteiger charge is 2.24. The van der Waals surface area contributed by atoms with Crippen LogP contribution in [0.3, 0.4) is 0 Å². The number of nitrogens with one attached hydrogen (secondary N) is 1. The zero-order valence-corrected chi connectivity index (χ0v) is 12.1. The molecule has 1 fully saturated rings. The van der Waals surface area contributed by atoms with Crippen molar-refractivity contribution in [3.05, 3.63) is 0 Å². The van der Waals surface area contributed by atoms with Crippen molar-refractivity contribution in [1.82, 2.24) is 10.2 Å². The number of likely N-dealkylation sites (tertiary alicyclic amines) is 1. The van der Waals surface area contributed by atoms with E-state index in [1.165, 1.54) is 26.4 Å². The number of nitrogens with zero attached hydrogens (tertiary/aromatic N) is 1. The molecule has 0 aromatic rings. The Balaban J connectivity index is 2.38. The van der Waals surface area contributed by atoms with Crippen LogP contribution in [-0.4, -0.2) is 50.2 Å². The van der Waals surface area contributed by atoms with E-state index in [4.69, 9.17) is 4.74 Å². The lowest BCUT2D eigenvalue weighted by molar-refractivity contribution is -0.143. The lowest BCUT2D eigenvalue weighted by Crippen LogP contribution is -2.48. The second-order valence-corrected chi connectivity index (χ2v) is 5.18. The van der Waals surface area contributed by atoms with E-state index in [1.807, 2.05) is 0 Å². The molecule has 1 heterocycles. The molecule has 0 bridgehead atoms. The summed E-state index contributed by atoms with van der Waals surface area (Å²) in [6.07, 6.45) is 4.84. The molecule has 4 nitrogen and oxygen atoms in total. The normalized spacial score (nSPS) is 19.7. The first-order valence-corrected chi connectivity index (χ1v) is 7.24. The number of hydrogen-bond donors (Lipinski definition) is 1. The van der Waals surface area contributed by atoms with Gasteiger partial charge < -0.3 is 15.0 Å². The molecule has 0 spiro atoms. The van der Waals surface area contributed by atoms with Crippen LogP contribution in [-0.2, 0) is 9.53 Å². The van der Waals surface area contributed by atoms with Crippen LogP contribution in [0.2, 0.25) is 0 Å². The van der Waals surface area contributed by atoms with Gasteiger partial charge in [-0.3, -0.25) is 4.79 Å². The third kappa shape index (κ3) is 4.94. The average Bonchev–Trinajstić information content (AvgIpc) is 2.43. The summed E-state index contributed by atoms with van der Waals surface area (Å²) in [4.78, 5) is 14.1. The highest BCUT2D eigenvalue weighted by Crippen LogP contribution is 2.19. The van der Waals surface area contributed by atoms with Crippen molar-refractivity contribution in [2.24, 2.45) is 5.92 Å². The van der Waals surface area contributed by atoms with Gasteiger partial charge in [-0.2, -0.15) is 0 Å². The van der Waals surface area contributed by atoms with Crippen LogP contribution in [0.15, 0.2) is 0 Å². The van der Waals surface area contributed by atoms with E-state index in [0.29, 0.717) is 0 Å². The van der Waals surface area contributed by atoms with E-state index in [-0.39, 0.29) is 12.0 Å². The molecule has 0 amide bonds. The van der Waals surface area contributed by atoms with Gasteiger partial charge in [0.15, 0.2) is 0 Å². The van der Waals surface area contributed by atoms with Crippen molar-refractivity contribution >= 4 is 5.97 Å². The number of ether oxygens (including phenoxy) is 1. The molecular weight excluding hydrogens is 228 g/mol. The second kappa shape index (κ2) is 8.48. The first kappa shape index (κ1) is 15.4. The number of carbonyl (C=O) groups is 1. The molecule has 18 heavy (non-hydrogen) atoms. The number of piperidine rings is 1. The van der Waals surface area contributed by atoms with Crippen LogP contribution in [0, 0.1) is 5.92 Å². The van der Waals surface area contributed by atoms with Gasteiger partial charge in [0.25, 0.3) is 0 Å². The molecule has 4 heteroatoms. The summed E-state index contributed by atoms with van der Waals surface area (Å²) in [6, 6.07) is -0.173. The first-order valence-electron chi connectivity index (χ1n) is 7.24. The molecule has 1 aliphatic rings. The maximum atomic E-state index is 11.7. The highest BCUT2D eigenvalue weighted by atomic mass is 16.5. The number of esters is 1. The summed E-state index contributed by atoms with van der Waals surface area (Å²) in [5.74, 6) is 0.738. The SMILES string of the molecule is CCCNC(CN1CCC(CC)CC1)C(=O)OC. The van der Waals surface area contributed by atoms with Crippen molar-refractivity contribution in [3.8, 4) is 0 Å². The summed E-state index contributed by atoms with van der Waals surface area (Å²) in [5.41, 5.74) is 0. The molecule has 1 unspecified atom stereocenters. The summed E-state index contributed by atoms with van der Waals surface area (Å²) in [6.45, 7) is 8.24. The van der Waals surface area contributed by atoms with E-state index in [2.05, 4.69) is 24.1 Å². The zero-order chi connectivity index (χ0) is 13.4. The van der Waals surface area contributed by atoms with E-state index in [1.54, 1.807) is 0 Å². The predicted octanol–water partition coefficient (Wildman–Crippen LogP) is 1.65. The Morgan fingerprint density at radius 1 is 1.39 bits per heavy atom. The van der Waals surface area contributed by atoms with Crippen molar-refractivity contribution in [2.45, 2.75) is 45.6 Å². The van der Waals surface area contributed by atoms with E-state index >= 15 is 0 Å². The van der Waals surface area contributed by atoms with Crippen LogP contribution in [0.1, 0.15) is 39.5 Å². The maximum absolute atomic E-state index is 11.7. The quantitative estimate of drug-likeness (QED) is 0.703. The summed E-state index contributed by atoms with van der Waals surface area (Å²) in [7, 11) is 1.46. The molecule has 0 aromatic carbocycles. The van der Waals surface area contributed by atoms with E-state index in [0.717, 1.165) is 38.5 Å². The summed E-state index contributed by atoms with van der Waals surface area (Å²) in [5, 5.41) is 3.28. The Kier molecular flexibility index (Phi) is 7.28. The number of hydrogen-bond acceptors (Lipinski definition) is 4. The molecular formula is C14H28N2O2. The summed E-state index contributed by atoms with van der Waals surface area (Å²) >= 11 is 0. The van der Waals surface area contributed by atoms with Gasteiger partial charge in [-0.05, 0) is 44.8 Å². The highest BCUT2D eigenvalue weighted by molar-refractivity contribution is 5.75. The van der Waals surface area contributed by atoms with Crippen molar-refractivity contribution in [3.63, 3.8) is 0 Å². The topological polar surface area (TPSA) is 41.6 Å². The lowest BCUT2D eigenvalue weighted by Gasteiger charge is -2.33. The van der Waals surface area contributed by atoms with Gasteiger partial charge in [0.05, 0.1) is 7.11 Å². The largest absolute Gasteiger partial charge is 0.468 e. The van der Waals surface area contributed by atoms with Crippen LogP contribution >= 0.6 is 0 Å². The Hall–Kier alpha value is -0.610. The third-order valence-corrected chi connectivity index (χ3v) is 3.85. The third-order valence-electron chi connectivity index (χ3n) is 3.85. The number of carbonyl (C=O) groups excluding carboxylic acids is 1. The second-order valence-electron chi connectivity index (χ2n) is 5.18. The van der Waals surface area contributed by atoms with Gasteiger partial charge in [0.2, 0.25) is 0 Å². The minimum atomic E-state index is -0.173. The molecule has 1 rings (SSSR count). The van der Waals surface area contributed by atoms with Gasteiger partial charge >= 0.3 is 5.97 Å². The molecule has 0 aliphatic carbocycles. The molecule has 0 saturated carbocycles. The molecule has 106 valence electrons.